The fourth-order valence-corrected chi connectivity index (χ4v) is 3.63. The number of aromatic amines is 1. The molecule has 1 aromatic carbocycles. The van der Waals surface area contributed by atoms with E-state index in [0.29, 0.717) is 12.0 Å². The molecular formula is C21H21FN4O. The first-order valence-corrected chi connectivity index (χ1v) is 9.13. The van der Waals surface area contributed by atoms with E-state index in [0.717, 1.165) is 42.0 Å². The third-order valence-corrected chi connectivity index (χ3v) is 5.04. The summed E-state index contributed by atoms with van der Waals surface area (Å²) in [6, 6.07) is 12.4. The largest absolute Gasteiger partial charge is 0.330 e. The van der Waals surface area contributed by atoms with Gasteiger partial charge in [-0.15, -0.1) is 0 Å². The monoisotopic (exact) mass is 364 g/mol. The van der Waals surface area contributed by atoms with Gasteiger partial charge in [0.1, 0.15) is 5.82 Å². The van der Waals surface area contributed by atoms with Crippen LogP contribution in [0, 0.1) is 12.7 Å². The zero-order valence-corrected chi connectivity index (χ0v) is 15.2. The molecule has 0 radical (unpaired) electrons. The fraction of sp³-hybridized carbons (Fsp3) is 0.286. The lowest BCUT2D eigenvalue weighted by molar-refractivity contribution is 0.0732. The first-order chi connectivity index (χ1) is 13.1. The first kappa shape index (κ1) is 17.4. The third-order valence-electron chi connectivity index (χ3n) is 5.04. The van der Waals surface area contributed by atoms with Crippen LogP contribution in [0.2, 0.25) is 0 Å². The summed E-state index contributed by atoms with van der Waals surface area (Å²) in [7, 11) is 0. The van der Waals surface area contributed by atoms with E-state index in [9.17, 15) is 9.18 Å². The van der Waals surface area contributed by atoms with Gasteiger partial charge in [-0.05, 0) is 49.6 Å². The van der Waals surface area contributed by atoms with E-state index in [4.69, 9.17) is 4.98 Å². The third kappa shape index (κ3) is 3.60. The quantitative estimate of drug-likeness (QED) is 0.765. The molecule has 1 aliphatic heterocycles. The van der Waals surface area contributed by atoms with Crippen molar-refractivity contribution in [2.24, 2.45) is 0 Å². The molecule has 3 aromatic rings. The number of carbonyl (C=O) groups is 1. The van der Waals surface area contributed by atoms with E-state index in [-0.39, 0.29) is 17.8 Å². The molecule has 3 heterocycles. The topological polar surface area (TPSA) is 61.9 Å². The number of pyridine rings is 1. The molecule has 0 aliphatic carbocycles. The van der Waals surface area contributed by atoms with Gasteiger partial charge in [-0.1, -0.05) is 18.2 Å². The van der Waals surface area contributed by atoms with Gasteiger partial charge in [-0.25, -0.2) is 4.39 Å². The average molecular weight is 364 g/mol. The molecular weight excluding hydrogens is 343 g/mol. The number of likely N-dealkylation sites (tertiary alicyclic amines) is 1. The van der Waals surface area contributed by atoms with Crippen LogP contribution in [-0.2, 0) is 6.42 Å². The van der Waals surface area contributed by atoms with Crippen molar-refractivity contribution in [3.8, 4) is 0 Å². The van der Waals surface area contributed by atoms with Crippen molar-refractivity contribution in [1.29, 1.82) is 0 Å². The molecule has 4 rings (SSSR count). The predicted octanol–water partition coefficient (Wildman–Crippen LogP) is 3.82. The number of carbonyl (C=O) groups excluding carboxylic acids is 1. The van der Waals surface area contributed by atoms with Gasteiger partial charge in [0.05, 0.1) is 23.5 Å². The number of halogens is 1. The summed E-state index contributed by atoms with van der Waals surface area (Å²) in [5.41, 5.74) is 4.22. The second-order valence-corrected chi connectivity index (χ2v) is 6.92. The number of aromatic nitrogens is 3. The molecule has 1 saturated heterocycles. The Kier molecular flexibility index (Phi) is 4.71. The van der Waals surface area contributed by atoms with Gasteiger partial charge in [-0.3, -0.25) is 14.9 Å². The number of nitrogens with zero attached hydrogens (tertiary/aromatic N) is 3. The SMILES string of the molecule is Cc1[nH]ncc1C(=O)N1CCC[C@@H]1c1cccc(Cc2ccc(F)cc2)n1. The second kappa shape index (κ2) is 7.31. The summed E-state index contributed by atoms with van der Waals surface area (Å²) in [4.78, 5) is 19.6. The van der Waals surface area contributed by atoms with E-state index in [2.05, 4.69) is 10.2 Å². The summed E-state index contributed by atoms with van der Waals surface area (Å²) in [5.74, 6) is -0.246. The lowest BCUT2D eigenvalue weighted by atomic mass is 10.1. The molecule has 138 valence electrons. The summed E-state index contributed by atoms with van der Waals surface area (Å²) in [5, 5.41) is 6.79. The van der Waals surface area contributed by atoms with Crippen LogP contribution in [0.25, 0.3) is 0 Å². The van der Waals surface area contributed by atoms with Crippen LogP contribution in [0.15, 0.2) is 48.7 Å². The van der Waals surface area contributed by atoms with Gasteiger partial charge in [0.25, 0.3) is 5.91 Å². The summed E-state index contributed by atoms with van der Waals surface area (Å²) < 4.78 is 13.1. The minimum Gasteiger partial charge on any atom is -0.330 e. The number of hydrogen-bond donors (Lipinski definition) is 1. The fourth-order valence-electron chi connectivity index (χ4n) is 3.63. The normalized spacial score (nSPS) is 16.7. The van der Waals surface area contributed by atoms with Crippen LogP contribution in [-0.4, -0.2) is 32.5 Å². The summed E-state index contributed by atoms with van der Waals surface area (Å²) >= 11 is 0. The molecule has 0 bridgehead atoms. The molecule has 0 spiro atoms. The minimum absolute atomic E-state index is 0.00510. The molecule has 1 amide bonds. The molecule has 5 nitrogen and oxygen atoms in total. The predicted molar refractivity (Wildman–Crippen MR) is 99.8 cm³/mol. The summed E-state index contributed by atoms with van der Waals surface area (Å²) in [6.07, 6.45) is 4.08. The van der Waals surface area contributed by atoms with Gasteiger partial charge < -0.3 is 4.90 Å². The van der Waals surface area contributed by atoms with Crippen molar-refractivity contribution in [3.63, 3.8) is 0 Å². The first-order valence-electron chi connectivity index (χ1n) is 9.13. The lowest BCUT2D eigenvalue weighted by Crippen LogP contribution is -2.31. The maximum atomic E-state index is 13.1. The Morgan fingerprint density at radius 1 is 1.26 bits per heavy atom. The minimum atomic E-state index is -0.241. The second-order valence-electron chi connectivity index (χ2n) is 6.92. The van der Waals surface area contributed by atoms with Crippen molar-refractivity contribution in [3.05, 3.63) is 82.7 Å². The highest BCUT2D eigenvalue weighted by atomic mass is 19.1. The van der Waals surface area contributed by atoms with Crippen molar-refractivity contribution in [2.75, 3.05) is 6.54 Å². The van der Waals surface area contributed by atoms with Crippen LogP contribution < -0.4 is 0 Å². The van der Waals surface area contributed by atoms with Crippen LogP contribution in [0.5, 0.6) is 0 Å². The Balaban J connectivity index is 1.56. The number of rotatable bonds is 4. The maximum absolute atomic E-state index is 13.1. The number of nitrogens with one attached hydrogen (secondary N) is 1. The molecule has 1 N–H and O–H groups in total. The lowest BCUT2D eigenvalue weighted by Gasteiger charge is -2.24. The van der Waals surface area contributed by atoms with Crippen molar-refractivity contribution in [2.45, 2.75) is 32.2 Å². The smallest absolute Gasteiger partial charge is 0.257 e. The molecule has 2 aromatic heterocycles. The Morgan fingerprint density at radius 2 is 2.07 bits per heavy atom. The highest BCUT2D eigenvalue weighted by Crippen LogP contribution is 2.32. The molecule has 6 heteroatoms. The van der Waals surface area contributed by atoms with Crippen LogP contribution in [0.1, 0.15) is 51.9 Å². The Morgan fingerprint density at radius 3 is 2.81 bits per heavy atom. The molecule has 1 fully saturated rings. The van der Waals surface area contributed by atoms with Crippen LogP contribution in [0.4, 0.5) is 4.39 Å². The number of aryl methyl sites for hydroxylation is 1. The number of H-pyrrole nitrogens is 1. The van der Waals surface area contributed by atoms with Crippen molar-refractivity contribution < 1.29 is 9.18 Å². The van der Waals surface area contributed by atoms with E-state index < -0.39 is 0 Å². The molecule has 0 unspecified atom stereocenters. The molecule has 27 heavy (non-hydrogen) atoms. The van der Waals surface area contributed by atoms with Gasteiger partial charge in [0, 0.05) is 24.4 Å². The summed E-state index contributed by atoms with van der Waals surface area (Å²) in [6.45, 7) is 2.57. The number of benzene rings is 1. The number of hydrogen-bond acceptors (Lipinski definition) is 3. The standard InChI is InChI=1S/C21H21FN4O/c1-14-18(13-23-25-14)21(27)26-11-3-6-20(26)19-5-2-4-17(24-19)12-15-7-9-16(22)10-8-15/h2,4-5,7-10,13,20H,3,6,11-12H2,1H3,(H,23,25)/t20-/m1/s1. The zero-order valence-electron chi connectivity index (χ0n) is 15.2. The molecule has 1 atom stereocenters. The van der Waals surface area contributed by atoms with E-state index >= 15 is 0 Å². The van der Waals surface area contributed by atoms with E-state index in [1.54, 1.807) is 18.3 Å². The maximum Gasteiger partial charge on any atom is 0.257 e. The van der Waals surface area contributed by atoms with Crippen molar-refractivity contribution in [1.82, 2.24) is 20.1 Å². The average Bonchev–Trinajstić information content (AvgIpc) is 3.32. The molecule has 0 saturated carbocycles. The van der Waals surface area contributed by atoms with Gasteiger partial charge >= 0.3 is 0 Å². The van der Waals surface area contributed by atoms with Crippen LogP contribution in [0.3, 0.4) is 0 Å². The van der Waals surface area contributed by atoms with E-state index in [1.807, 2.05) is 30.0 Å². The van der Waals surface area contributed by atoms with Crippen molar-refractivity contribution >= 4 is 5.91 Å². The molecule has 1 aliphatic rings. The van der Waals surface area contributed by atoms with Crippen LogP contribution >= 0.6 is 0 Å². The van der Waals surface area contributed by atoms with Gasteiger partial charge in [0.15, 0.2) is 0 Å². The Hall–Kier alpha value is -3.02. The van der Waals surface area contributed by atoms with Gasteiger partial charge in [-0.2, -0.15) is 5.10 Å². The van der Waals surface area contributed by atoms with Gasteiger partial charge in [0.2, 0.25) is 0 Å². The highest BCUT2D eigenvalue weighted by molar-refractivity contribution is 5.95. The number of amides is 1. The van der Waals surface area contributed by atoms with E-state index in [1.165, 1.54) is 12.1 Å². The highest BCUT2D eigenvalue weighted by Gasteiger charge is 2.32. The Labute approximate surface area is 157 Å². The zero-order chi connectivity index (χ0) is 18.8. The Bertz CT molecular complexity index is 951.